The van der Waals surface area contributed by atoms with Gasteiger partial charge in [-0.25, -0.2) is 4.98 Å². The summed E-state index contributed by atoms with van der Waals surface area (Å²) < 4.78 is 5.81. The summed E-state index contributed by atoms with van der Waals surface area (Å²) in [7, 11) is 1.56. The molecular weight excluding hydrogens is 324 g/mol. The first kappa shape index (κ1) is 14.4. The Morgan fingerprint density at radius 2 is 2.00 bits per heavy atom. The average molecular weight is 337 g/mol. The molecule has 1 N–H and O–H groups in total. The lowest BCUT2D eigenvalue weighted by molar-refractivity contribution is 0.102. The number of ether oxygens (including phenoxy) is 1. The van der Waals surface area contributed by atoms with Crippen LogP contribution in [0.15, 0.2) is 22.7 Å². The average Bonchev–Trinajstić information content (AvgIpc) is 2.42. The molecule has 0 radical (unpaired) electrons. The summed E-state index contributed by atoms with van der Waals surface area (Å²) in [6.07, 6.45) is 0. The Hall–Kier alpha value is -2.02. The highest BCUT2D eigenvalue weighted by Crippen LogP contribution is 2.25. The molecule has 0 atom stereocenters. The van der Waals surface area contributed by atoms with Crippen molar-refractivity contribution in [3.8, 4) is 5.75 Å². The molecule has 0 fully saturated rings. The molecule has 0 aliphatic carbocycles. The van der Waals surface area contributed by atoms with Crippen LogP contribution < -0.4 is 10.1 Å². The lowest BCUT2D eigenvalue weighted by atomic mass is 10.2. The van der Waals surface area contributed by atoms with Crippen molar-refractivity contribution in [2.24, 2.45) is 0 Å². The number of methoxy groups -OCH3 is 1. The Morgan fingerprint density at radius 3 is 2.60 bits per heavy atom. The van der Waals surface area contributed by atoms with Crippen molar-refractivity contribution in [2.75, 3.05) is 12.4 Å². The van der Waals surface area contributed by atoms with Gasteiger partial charge in [-0.1, -0.05) is 0 Å². The van der Waals surface area contributed by atoms with Gasteiger partial charge >= 0.3 is 0 Å². The summed E-state index contributed by atoms with van der Waals surface area (Å²) in [5.74, 6) is 0.536. The first-order valence-corrected chi connectivity index (χ1v) is 6.63. The Morgan fingerprint density at radius 1 is 1.25 bits per heavy atom. The van der Waals surface area contributed by atoms with E-state index in [-0.39, 0.29) is 11.9 Å². The van der Waals surface area contributed by atoms with Crippen molar-refractivity contribution >= 4 is 27.8 Å². The molecule has 20 heavy (non-hydrogen) atoms. The predicted octanol–water partition coefficient (Wildman–Crippen LogP) is 2.51. The molecule has 0 aliphatic rings. The third-order valence-electron chi connectivity index (χ3n) is 2.73. The number of benzene rings is 1. The van der Waals surface area contributed by atoms with Gasteiger partial charge in [-0.3, -0.25) is 10.1 Å². The van der Waals surface area contributed by atoms with Crippen molar-refractivity contribution in [3.63, 3.8) is 0 Å². The van der Waals surface area contributed by atoms with E-state index in [1.807, 2.05) is 13.8 Å². The van der Waals surface area contributed by atoms with Gasteiger partial charge in [0.1, 0.15) is 5.75 Å². The van der Waals surface area contributed by atoms with Crippen molar-refractivity contribution in [1.82, 2.24) is 15.2 Å². The van der Waals surface area contributed by atoms with Gasteiger partial charge in [0.15, 0.2) is 0 Å². The van der Waals surface area contributed by atoms with Crippen LogP contribution in [0.4, 0.5) is 5.95 Å². The highest BCUT2D eigenvalue weighted by Gasteiger charge is 2.11. The van der Waals surface area contributed by atoms with Crippen LogP contribution in [0.1, 0.15) is 21.7 Å². The third-order valence-corrected chi connectivity index (χ3v) is 3.35. The van der Waals surface area contributed by atoms with E-state index >= 15 is 0 Å². The number of nitrogens with zero attached hydrogens (tertiary/aromatic N) is 3. The summed E-state index contributed by atoms with van der Waals surface area (Å²) in [5.41, 5.74) is 1.93. The molecule has 2 rings (SSSR count). The van der Waals surface area contributed by atoms with E-state index in [0.717, 1.165) is 11.4 Å². The van der Waals surface area contributed by atoms with Crippen molar-refractivity contribution in [2.45, 2.75) is 13.8 Å². The first-order valence-electron chi connectivity index (χ1n) is 5.84. The minimum Gasteiger partial charge on any atom is -0.496 e. The molecule has 7 heteroatoms. The van der Waals surface area contributed by atoms with Crippen molar-refractivity contribution < 1.29 is 9.53 Å². The SMILES string of the molecule is COc1ccc(C(=O)Nc2nnc(C)c(C)n2)cc1Br. The van der Waals surface area contributed by atoms with Crippen LogP contribution in [0.25, 0.3) is 0 Å². The van der Waals surface area contributed by atoms with Crippen LogP contribution in [0, 0.1) is 13.8 Å². The maximum absolute atomic E-state index is 12.1. The number of carbonyl (C=O) groups excluding carboxylic acids is 1. The van der Waals surface area contributed by atoms with E-state index in [2.05, 4.69) is 36.4 Å². The van der Waals surface area contributed by atoms with Crippen LogP contribution in [0.3, 0.4) is 0 Å². The minimum absolute atomic E-state index is 0.185. The summed E-state index contributed by atoms with van der Waals surface area (Å²) in [5, 5.41) is 10.4. The van der Waals surface area contributed by atoms with Crippen molar-refractivity contribution in [3.05, 3.63) is 39.6 Å². The zero-order chi connectivity index (χ0) is 14.7. The molecule has 1 heterocycles. The van der Waals surface area contributed by atoms with Gasteiger partial charge in [0, 0.05) is 5.56 Å². The smallest absolute Gasteiger partial charge is 0.258 e. The zero-order valence-corrected chi connectivity index (χ0v) is 12.9. The Bertz CT molecular complexity index is 661. The van der Waals surface area contributed by atoms with E-state index < -0.39 is 0 Å². The molecule has 104 valence electrons. The summed E-state index contributed by atoms with van der Waals surface area (Å²) >= 11 is 3.33. The van der Waals surface area contributed by atoms with Gasteiger partial charge in [0.05, 0.1) is 23.0 Å². The van der Waals surface area contributed by atoms with Crippen LogP contribution >= 0.6 is 15.9 Å². The zero-order valence-electron chi connectivity index (χ0n) is 11.3. The van der Waals surface area contributed by atoms with Gasteiger partial charge < -0.3 is 4.74 Å². The lowest BCUT2D eigenvalue weighted by Crippen LogP contribution is -2.15. The number of aromatic nitrogens is 3. The van der Waals surface area contributed by atoms with E-state index in [4.69, 9.17) is 4.74 Å². The Balaban J connectivity index is 2.19. The maximum Gasteiger partial charge on any atom is 0.258 e. The molecule has 1 amide bonds. The first-order chi connectivity index (χ1) is 9.51. The second-order valence-electron chi connectivity index (χ2n) is 4.11. The summed E-state index contributed by atoms with van der Waals surface area (Å²) in [4.78, 5) is 16.2. The van der Waals surface area contributed by atoms with Gasteiger partial charge in [0.25, 0.3) is 5.91 Å². The van der Waals surface area contributed by atoms with E-state index in [9.17, 15) is 4.79 Å². The van der Waals surface area contributed by atoms with E-state index in [1.54, 1.807) is 25.3 Å². The van der Waals surface area contributed by atoms with Gasteiger partial charge in [0.2, 0.25) is 5.95 Å². The van der Waals surface area contributed by atoms with Crippen LogP contribution in [0.2, 0.25) is 0 Å². The molecule has 1 aromatic heterocycles. The van der Waals surface area contributed by atoms with Gasteiger partial charge in [-0.2, -0.15) is 5.10 Å². The molecule has 0 bridgehead atoms. The fourth-order valence-corrected chi connectivity index (χ4v) is 2.03. The highest BCUT2D eigenvalue weighted by molar-refractivity contribution is 9.10. The molecule has 1 aromatic carbocycles. The second kappa shape index (κ2) is 5.96. The molecule has 0 unspecified atom stereocenters. The monoisotopic (exact) mass is 336 g/mol. The highest BCUT2D eigenvalue weighted by atomic mass is 79.9. The summed E-state index contributed by atoms with van der Waals surface area (Å²) in [6.45, 7) is 3.62. The Kier molecular flexibility index (Phi) is 4.29. The van der Waals surface area contributed by atoms with Crippen LogP contribution in [-0.4, -0.2) is 28.2 Å². The molecule has 0 aliphatic heterocycles. The largest absolute Gasteiger partial charge is 0.496 e. The number of carbonyl (C=O) groups is 1. The molecule has 6 nitrogen and oxygen atoms in total. The standard InChI is InChI=1S/C13H13BrN4O2/c1-7-8(2)17-18-13(15-7)16-12(19)9-4-5-11(20-3)10(14)6-9/h4-6H,1-3H3,(H,15,16,18,19). The lowest BCUT2D eigenvalue weighted by Gasteiger charge is -2.07. The molecule has 0 saturated carbocycles. The number of aryl methyl sites for hydroxylation is 2. The topological polar surface area (TPSA) is 77.0 Å². The number of hydrogen-bond donors (Lipinski definition) is 1. The summed E-state index contributed by atoms with van der Waals surface area (Å²) in [6, 6.07) is 5.04. The quantitative estimate of drug-likeness (QED) is 0.931. The van der Waals surface area contributed by atoms with Gasteiger partial charge in [-0.15, -0.1) is 5.10 Å². The fraction of sp³-hybridized carbons (Fsp3) is 0.231. The number of anilines is 1. The Labute approximate surface area is 124 Å². The number of hydrogen-bond acceptors (Lipinski definition) is 5. The number of halogens is 1. The van der Waals surface area contributed by atoms with Crippen molar-refractivity contribution in [1.29, 1.82) is 0 Å². The van der Waals surface area contributed by atoms with Crippen LogP contribution in [0.5, 0.6) is 5.75 Å². The minimum atomic E-state index is -0.307. The molecule has 2 aromatic rings. The number of nitrogens with one attached hydrogen (secondary N) is 1. The number of amides is 1. The molecule has 0 saturated heterocycles. The maximum atomic E-state index is 12.1. The molecule has 0 spiro atoms. The van der Waals surface area contributed by atoms with E-state index in [1.165, 1.54) is 0 Å². The van der Waals surface area contributed by atoms with Crippen LogP contribution in [-0.2, 0) is 0 Å². The number of rotatable bonds is 3. The van der Waals surface area contributed by atoms with E-state index in [0.29, 0.717) is 15.8 Å². The molecular formula is C13H13BrN4O2. The van der Waals surface area contributed by atoms with Gasteiger partial charge in [-0.05, 0) is 48.0 Å². The predicted molar refractivity (Wildman–Crippen MR) is 77.9 cm³/mol. The normalized spacial score (nSPS) is 10.2. The second-order valence-corrected chi connectivity index (χ2v) is 4.96. The third kappa shape index (κ3) is 3.11. The fourth-order valence-electron chi connectivity index (χ4n) is 1.49.